The lowest BCUT2D eigenvalue weighted by Gasteiger charge is -2.46. The van der Waals surface area contributed by atoms with Crippen molar-refractivity contribution in [2.45, 2.75) is 51.1 Å². The van der Waals surface area contributed by atoms with Crippen molar-refractivity contribution in [3.05, 3.63) is 28.8 Å². The number of benzene rings is 1. The summed E-state index contributed by atoms with van der Waals surface area (Å²) in [5.74, 6) is 0.882. The molecule has 2 nitrogen and oxygen atoms in total. The van der Waals surface area contributed by atoms with E-state index in [1.807, 2.05) is 6.07 Å². The van der Waals surface area contributed by atoms with Crippen molar-refractivity contribution in [1.82, 2.24) is 0 Å². The van der Waals surface area contributed by atoms with Gasteiger partial charge in [0.05, 0.1) is 0 Å². The molecule has 3 heteroatoms. The fourth-order valence-electron chi connectivity index (χ4n) is 3.90. The molecule has 1 saturated carbocycles. The van der Waals surface area contributed by atoms with Gasteiger partial charge in [-0.3, -0.25) is 0 Å². The number of nitrogens with zero attached hydrogens (tertiary/aromatic N) is 1. The molecule has 1 aliphatic heterocycles. The Morgan fingerprint density at radius 1 is 1.16 bits per heavy atom. The van der Waals surface area contributed by atoms with E-state index in [4.69, 9.17) is 17.3 Å². The fraction of sp³-hybridized carbons (Fsp3) is 0.625. The zero-order valence-electron chi connectivity index (χ0n) is 11.4. The van der Waals surface area contributed by atoms with Gasteiger partial charge in [0.1, 0.15) is 0 Å². The number of anilines is 1. The summed E-state index contributed by atoms with van der Waals surface area (Å²) in [6, 6.07) is 6.87. The van der Waals surface area contributed by atoms with Crippen LogP contribution >= 0.6 is 11.6 Å². The Bertz CT molecular complexity index is 444. The first kappa shape index (κ1) is 13.3. The Morgan fingerprint density at radius 3 is 2.79 bits per heavy atom. The molecule has 1 aliphatic carbocycles. The average molecular weight is 279 g/mol. The number of hydrogen-bond acceptors (Lipinski definition) is 2. The summed E-state index contributed by atoms with van der Waals surface area (Å²) in [5, 5.41) is 0.824. The minimum Gasteiger partial charge on any atom is -0.368 e. The van der Waals surface area contributed by atoms with E-state index in [-0.39, 0.29) is 0 Å². The minimum absolute atomic E-state index is 0.598. The molecule has 1 aromatic rings. The predicted octanol–water partition coefficient (Wildman–Crippen LogP) is 3.96. The van der Waals surface area contributed by atoms with Gasteiger partial charge in [-0.25, -0.2) is 0 Å². The molecule has 1 saturated heterocycles. The molecule has 1 aromatic carbocycles. The van der Waals surface area contributed by atoms with Crippen LogP contribution in [0.15, 0.2) is 18.2 Å². The molecule has 2 N–H and O–H groups in total. The lowest BCUT2D eigenvalue weighted by molar-refractivity contribution is 0.243. The van der Waals surface area contributed by atoms with E-state index in [1.165, 1.54) is 49.8 Å². The van der Waals surface area contributed by atoms with Crippen molar-refractivity contribution in [3.8, 4) is 0 Å². The van der Waals surface area contributed by atoms with Gasteiger partial charge in [-0.1, -0.05) is 30.5 Å². The number of fused-ring (bicyclic) bond motifs is 1. The molecule has 2 fully saturated rings. The zero-order chi connectivity index (χ0) is 13.2. The van der Waals surface area contributed by atoms with Crippen LogP contribution < -0.4 is 10.6 Å². The van der Waals surface area contributed by atoms with E-state index >= 15 is 0 Å². The molecule has 1 heterocycles. The van der Waals surface area contributed by atoms with Crippen LogP contribution in [-0.4, -0.2) is 12.6 Å². The molecule has 2 atom stereocenters. The third-order valence-corrected chi connectivity index (χ3v) is 5.06. The Morgan fingerprint density at radius 2 is 1.95 bits per heavy atom. The van der Waals surface area contributed by atoms with Crippen LogP contribution in [-0.2, 0) is 6.54 Å². The van der Waals surface area contributed by atoms with Crippen LogP contribution in [0.25, 0.3) is 0 Å². The van der Waals surface area contributed by atoms with Gasteiger partial charge < -0.3 is 10.6 Å². The third kappa shape index (κ3) is 2.61. The van der Waals surface area contributed by atoms with Crippen molar-refractivity contribution in [2.24, 2.45) is 11.7 Å². The first-order valence-electron chi connectivity index (χ1n) is 7.54. The van der Waals surface area contributed by atoms with Gasteiger partial charge in [0.15, 0.2) is 0 Å². The van der Waals surface area contributed by atoms with Gasteiger partial charge >= 0.3 is 0 Å². The van der Waals surface area contributed by atoms with E-state index < -0.39 is 0 Å². The number of piperidine rings is 1. The molecule has 0 radical (unpaired) electrons. The second-order valence-corrected chi connectivity index (χ2v) is 6.36. The van der Waals surface area contributed by atoms with Crippen LogP contribution in [0.1, 0.15) is 44.1 Å². The molecule has 2 aliphatic rings. The van der Waals surface area contributed by atoms with Crippen LogP contribution in [0, 0.1) is 5.92 Å². The number of rotatable bonds is 2. The Kier molecular flexibility index (Phi) is 3.99. The van der Waals surface area contributed by atoms with E-state index in [9.17, 15) is 0 Å². The highest BCUT2D eigenvalue weighted by molar-refractivity contribution is 6.30. The Hall–Kier alpha value is -0.730. The molecular weight excluding hydrogens is 256 g/mol. The molecule has 0 spiro atoms. The quantitative estimate of drug-likeness (QED) is 0.887. The molecule has 0 aromatic heterocycles. The van der Waals surface area contributed by atoms with Crippen molar-refractivity contribution in [1.29, 1.82) is 0 Å². The second-order valence-electron chi connectivity index (χ2n) is 5.92. The van der Waals surface area contributed by atoms with Crippen molar-refractivity contribution in [2.75, 3.05) is 11.4 Å². The Labute approximate surface area is 120 Å². The Balaban J connectivity index is 1.93. The summed E-state index contributed by atoms with van der Waals surface area (Å²) in [4.78, 5) is 2.60. The highest BCUT2D eigenvalue weighted by atomic mass is 35.5. The maximum absolute atomic E-state index is 6.20. The number of hydrogen-bond donors (Lipinski definition) is 1. The van der Waals surface area contributed by atoms with E-state index in [0.717, 1.165) is 17.5 Å². The maximum atomic E-state index is 6.20. The van der Waals surface area contributed by atoms with Crippen LogP contribution in [0.5, 0.6) is 0 Å². The van der Waals surface area contributed by atoms with Crippen molar-refractivity contribution < 1.29 is 0 Å². The highest BCUT2D eigenvalue weighted by Crippen LogP contribution is 2.39. The monoisotopic (exact) mass is 278 g/mol. The number of nitrogens with two attached hydrogens (primary N) is 1. The van der Waals surface area contributed by atoms with Crippen LogP contribution in [0.3, 0.4) is 0 Å². The first-order chi connectivity index (χ1) is 9.29. The summed E-state index contributed by atoms with van der Waals surface area (Å²) < 4.78 is 0. The molecule has 19 heavy (non-hydrogen) atoms. The van der Waals surface area contributed by atoms with Crippen LogP contribution in [0.4, 0.5) is 5.69 Å². The van der Waals surface area contributed by atoms with Crippen molar-refractivity contribution >= 4 is 17.3 Å². The molecule has 0 unspecified atom stereocenters. The summed E-state index contributed by atoms with van der Waals surface area (Å²) >= 11 is 6.20. The molecule has 104 valence electrons. The fourth-order valence-corrected chi connectivity index (χ4v) is 4.07. The standard InChI is InChI=1S/C16H23ClN2/c17-14-8-7-13(11-18)16(10-14)19-9-3-5-12-4-1-2-6-15(12)19/h7-8,10,12,15H,1-6,9,11,18H2/t12-,15-/m1/s1. The highest BCUT2D eigenvalue weighted by Gasteiger charge is 2.33. The summed E-state index contributed by atoms with van der Waals surface area (Å²) in [6.45, 7) is 1.76. The number of halogens is 1. The second kappa shape index (κ2) is 5.72. The zero-order valence-corrected chi connectivity index (χ0v) is 12.2. The summed E-state index contributed by atoms with van der Waals surface area (Å²) in [5.41, 5.74) is 8.42. The predicted molar refractivity (Wildman–Crippen MR) is 81.7 cm³/mol. The van der Waals surface area contributed by atoms with E-state index in [1.54, 1.807) is 0 Å². The molecule has 0 bridgehead atoms. The summed E-state index contributed by atoms with van der Waals surface area (Å²) in [6.07, 6.45) is 8.22. The largest absolute Gasteiger partial charge is 0.368 e. The smallest absolute Gasteiger partial charge is 0.0429 e. The van der Waals surface area contributed by atoms with E-state index in [2.05, 4.69) is 17.0 Å². The van der Waals surface area contributed by atoms with Gasteiger partial charge in [0.2, 0.25) is 0 Å². The van der Waals surface area contributed by atoms with Crippen molar-refractivity contribution in [3.63, 3.8) is 0 Å². The third-order valence-electron chi connectivity index (χ3n) is 4.82. The van der Waals surface area contributed by atoms with Crippen LogP contribution in [0.2, 0.25) is 5.02 Å². The summed E-state index contributed by atoms with van der Waals surface area (Å²) in [7, 11) is 0. The minimum atomic E-state index is 0.598. The average Bonchev–Trinajstić information content (AvgIpc) is 2.46. The van der Waals surface area contributed by atoms with Gasteiger partial charge in [-0.15, -0.1) is 0 Å². The maximum Gasteiger partial charge on any atom is 0.0429 e. The van der Waals surface area contributed by atoms with Gasteiger partial charge in [-0.05, 0) is 49.3 Å². The lowest BCUT2D eigenvalue weighted by Crippen LogP contribution is -2.47. The normalized spacial score (nSPS) is 27.2. The molecule has 0 amide bonds. The lowest BCUT2D eigenvalue weighted by atomic mass is 9.78. The molecular formula is C16H23ClN2. The molecule has 3 rings (SSSR count). The van der Waals surface area contributed by atoms with Gasteiger partial charge in [0.25, 0.3) is 0 Å². The topological polar surface area (TPSA) is 29.3 Å². The first-order valence-corrected chi connectivity index (χ1v) is 7.92. The van der Waals surface area contributed by atoms with Gasteiger partial charge in [0, 0.05) is 29.8 Å². The van der Waals surface area contributed by atoms with Gasteiger partial charge in [-0.2, -0.15) is 0 Å². The SMILES string of the molecule is NCc1ccc(Cl)cc1N1CCC[C@H]2CCCC[C@H]21. The van der Waals surface area contributed by atoms with E-state index in [0.29, 0.717) is 12.6 Å².